The van der Waals surface area contributed by atoms with E-state index in [1.165, 1.54) is 18.2 Å². The molecule has 0 atom stereocenters. The Labute approximate surface area is 93.3 Å². The lowest BCUT2D eigenvalue weighted by Gasteiger charge is -2.08. The first kappa shape index (κ1) is 12.1. The van der Waals surface area contributed by atoms with E-state index in [9.17, 15) is 13.5 Å². The van der Waals surface area contributed by atoms with Gasteiger partial charge in [0.25, 0.3) is 10.2 Å². The third-order valence-electron chi connectivity index (χ3n) is 1.53. The van der Waals surface area contributed by atoms with Gasteiger partial charge in [0.1, 0.15) is 5.75 Å². The minimum absolute atomic E-state index is 0.168. The van der Waals surface area contributed by atoms with Gasteiger partial charge >= 0.3 is 0 Å². The largest absolute Gasteiger partial charge is 0.506 e. The molecule has 1 rings (SSSR count). The van der Waals surface area contributed by atoms with E-state index in [0.29, 0.717) is 0 Å². The van der Waals surface area contributed by atoms with Crippen molar-refractivity contribution in [1.82, 2.24) is 4.72 Å². The van der Waals surface area contributed by atoms with Gasteiger partial charge in [0.15, 0.2) is 0 Å². The Morgan fingerprint density at radius 3 is 2.67 bits per heavy atom. The first-order chi connectivity index (χ1) is 6.94. The van der Waals surface area contributed by atoms with Crippen molar-refractivity contribution < 1.29 is 13.5 Å². The number of hydrogen-bond acceptors (Lipinski definition) is 3. The lowest BCUT2D eigenvalue weighted by atomic mass is 10.3. The molecule has 1 aromatic rings. The van der Waals surface area contributed by atoms with E-state index < -0.39 is 10.2 Å². The van der Waals surface area contributed by atoms with Gasteiger partial charge < -0.3 is 5.11 Å². The average Bonchev–Trinajstić information content (AvgIpc) is 2.10. The molecule has 0 heterocycles. The highest BCUT2D eigenvalue weighted by molar-refractivity contribution is 7.90. The van der Waals surface area contributed by atoms with Crippen LogP contribution >= 0.6 is 11.6 Å². The highest BCUT2D eigenvalue weighted by Crippen LogP contribution is 2.26. The van der Waals surface area contributed by atoms with E-state index in [2.05, 4.69) is 9.44 Å². The summed E-state index contributed by atoms with van der Waals surface area (Å²) in [6.45, 7) is 1.95. The molecule has 0 unspecified atom stereocenters. The lowest BCUT2D eigenvalue weighted by Crippen LogP contribution is -2.29. The van der Waals surface area contributed by atoms with Gasteiger partial charge in [-0.25, -0.2) is 0 Å². The van der Waals surface area contributed by atoms with E-state index in [1.54, 1.807) is 6.92 Å². The van der Waals surface area contributed by atoms with Crippen LogP contribution in [0, 0.1) is 0 Å². The molecule has 0 aromatic heterocycles. The minimum atomic E-state index is -3.57. The summed E-state index contributed by atoms with van der Waals surface area (Å²) in [6, 6.07) is 4.09. The van der Waals surface area contributed by atoms with Crippen LogP contribution in [-0.2, 0) is 10.2 Å². The second-order valence-electron chi connectivity index (χ2n) is 2.77. The molecule has 0 fully saturated rings. The van der Waals surface area contributed by atoms with Gasteiger partial charge in [0, 0.05) is 12.6 Å². The summed E-state index contributed by atoms with van der Waals surface area (Å²) in [5.41, 5.74) is 0.248. The third-order valence-corrected chi connectivity index (χ3v) is 3.03. The molecule has 0 radical (unpaired) electrons. The van der Waals surface area contributed by atoms with Crippen LogP contribution in [0.5, 0.6) is 5.75 Å². The molecule has 5 nitrogen and oxygen atoms in total. The highest BCUT2D eigenvalue weighted by atomic mass is 35.5. The van der Waals surface area contributed by atoms with E-state index in [1.807, 2.05) is 0 Å². The molecule has 0 aliphatic rings. The zero-order chi connectivity index (χ0) is 11.5. The van der Waals surface area contributed by atoms with Gasteiger partial charge in [-0.2, -0.15) is 13.1 Å². The molecule has 0 aliphatic heterocycles. The Kier molecular flexibility index (Phi) is 3.78. The van der Waals surface area contributed by atoms with Gasteiger partial charge in [-0.1, -0.05) is 18.5 Å². The van der Waals surface area contributed by atoms with Crippen LogP contribution in [0.25, 0.3) is 0 Å². The van der Waals surface area contributed by atoms with Crippen LogP contribution in [0.2, 0.25) is 5.02 Å². The van der Waals surface area contributed by atoms with Crippen LogP contribution in [0.15, 0.2) is 18.2 Å². The van der Waals surface area contributed by atoms with Crippen molar-refractivity contribution in [3.63, 3.8) is 0 Å². The Balaban J connectivity index is 2.86. The fourth-order valence-corrected chi connectivity index (χ4v) is 1.96. The quantitative estimate of drug-likeness (QED) is 0.754. The minimum Gasteiger partial charge on any atom is -0.506 e. The van der Waals surface area contributed by atoms with Crippen molar-refractivity contribution in [2.75, 3.05) is 11.3 Å². The Bertz CT molecular complexity index is 447. The number of halogens is 1. The van der Waals surface area contributed by atoms with Crippen molar-refractivity contribution in [2.24, 2.45) is 0 Å². The summed E-state index contributed by atoms with van der Waals surface area (Å²) >= 11 is 5.57. The molecule has 84 valence electrons. The molecule has 0 spiro atoms. The summed E-state index contributed by atoms with van der Waals surface area (Å²) in [4.78, 5) is 0. The number of phenols is 1. The highest BCUT2D eigenvalue weighted by Gasteiger charge is 2.08. The second-order valence-corrected chi connectivity index (χ2v) is 4.68. The standard InChI is InChI=1S/C8H11ClN2O3S/c1-2-10-15(13,14)11-6-3-4-7(9)8(12)5-6/h3-5,10-12H,2H2,1H3. The normalized spacial score (nSPS) is 11.3. The smallest absolute Gasteiger partial charge is 0.299 e. The zero-order valence-corrected chi connectivity index (χ0v) is 9.56. The Morgan fingerprint density at radius 1 is 1.47 bits per heavy atom. The van der Waals surface area contributed by atoms with Crippen LogP contribution in [0.4, 0.5) is 5.69 Å². The molecular formula is C8H11ClN2O3S. The van der Waals surface area contributed by atoms with Crippen molar-refractivity contribution in [3.8, 4) is 5.75 Å². The molecule has 0 bridgehead atoms. The summed E-state index contributed by atoms with van der Waals surface area (Å²) in [7, 11) is -3.57. The summed E-state index contributed by atoms with van der Waals surface area (Å²) in [5, 5.41) is 9.41. The topological polar surface area (TPSA) is 78.4 Å². The lowest BCUT2D eigenvalue weighted by molar-refractivity contribution is 0.476. The van der Waals surface area contributed by atoms with Crippen LogP contribution < -0.4 is 9.44 Å². The fraction of sp³-hybridized carbons (Fsp3) is 0.250. The van der Waals surface area contributed by atoms with Gasteiger partial charge in [0.05, 0.1) is 10.7 Å². The van der Waals surface area contributed by atoms with Crippen molar-refractivity contribution >= 4 is 27.5 Å². The fourth-order valence-electron chi connectivity index (χ4n) is 0.957. The maximum atomic E-state index is 11.3. The monoisotopic (exact) mass is 250 g/mol. The van der Waals surface area contributed by atoms with Crippen LogP contribution in [0.3, 0.4) is 0 Å². The van der Waals surface area contributed by atoms with Crippen LogP contribution in [0.1, 0.15) is 6.92 Å². The number of phenolic OH excluding ortho intramolecular Hbond substituents is 1. The number of rotatable bonds is 4. The second kappa shape index (κ2) is 4.69. The Hall–Kier alpha value is -0.980. The average molecular weight is 251 g/mol. The SMILES string of the molecule is CCNS(=O)(=O)Nc1ccc(Cl)c(O)c1. The maximum Gasteiger partial charge on any atom is 0.299 e. The molecule has 0 amide bonds. The molecule has 1 aromatic carbocycles. The molecule has 0 saturated carbocycles. The van der Waals surface area contributed by atoms with E-state index in [-0.39, 0.29) is 23.0 Å². The molecule has 0 saturated heterocycles. The molecule has 3 N–H and O–H groups in total. The Morgan fingerprint density at radius 2 is 2.13 bits per heavy atom. The van der Waals surface area contributed by atoms with Gasteiger partial charge in [-0.05, 0) is 12.1 Å². The summed E-state index contributed by atoms with van der Waals surface area (Å²) in [5.74, 6) is -0.173. The third kappa shape index (κ3) is 3.58. The number of nitrogens with one attached hydrogen (secondary N) is 2. The summed E-state index contributed by atoms with van der Waals surface area (Å²) in [6.07, 6.45) is 0. The van der Waals surface area contributed by atoms with Gasteiger partial charge in [-0.3, -0.25) is 4.72 Å². The molecule has 7 heteroatoms. The van der Waals surface area contributed by atoms with E-state index in [4.69, 9.17) is 11.6 Å². The van der Waals surface area contributed by atoms with E-state index >= 15 is 0 Å². The number of anilines is 1. The zero-order valence-electron chi connectivity index (χ0n) is 7.99. The first-order valence-corrected chi connectivity index (χ1v) is 6.06. The molecule has 15 heavy (non-hydrogen) atoms. The van der Waals surface area contributed by atoms with E-state index in [0.717, 1.165) is 0 Å². The van der Waals surface area contributed by atoms with Crippen molar-refractivity contribution in [1.29, 1.82) is 0 Å². The molecular weight excluding hydrogens is 240 g/mol. The van der Waals surface area contributed by atoms with Gasteiger partial charge in [-0.15, -0.1) is 0 Å². The maximum absolute atomic E-state index is 11.3. The number of benzene rings is 1. The first-order valence-electron chi connectivity index (χ1n) is 4.20. The van der Waals surface area contributed by atoms with Crippen molar-refractivity contribution in [2.45, 2.75) is 6.92 Å². The number of aromatic hydroxyl groups is 1. The predicted molar refractivity (Wildman–Crippen MR) is 59.3 cm³/mol. The van der Waals surface area contributed by atoms with Crippen LogP contribution in [-0.4, -0.2) is 20.1 Å². The summed E-state index contributed by atoms with van der Waals surface area (Å²) < 4.78 is 27.0. The predicted octanol–water partition coefficient (Wildman–Crippen LogP) is 1.31. The van der Waals surface area contributed by atoms with Crippen molar-refractivity contribution in [3.05, 3.63) is 23.2 Å². The molecule has 0 aliphatic carbocycles. The van der Waals surface area contributed by atoms with Gasteiger partial charge in [0.2, 0.25) is 0 Å². The number of hydrogen-bond donors (Lipinski definition) is 3.